The fourth-order valence-corrected chi connectivity index (χ4v) is 2.22. The molecular formula is C13H21ClN2. The summed E-state index contributed by atoms with van der Waals surface area (Å²) in [6.07, 6.45) is 2.29. The first kappa shape index (κ1) is 13.3. The number of aromatic nitrogens is 1. The van der Waals surface area contributed by atoms with E-state index in [1.807, 2.05) is 6.92 Å². The van der Waals surface area contributed by atoms with Gasteiger partial charge in [-0.1, -0.05) is 19.9 Å². The van der Waals surface area contributed by atoms with Gasteiger partial charge in [0.25, 0.3) is 0 Å². The summed E-state index contributed by atoms with van der Waals surface area (Å²) in [6.45, 7) is 6.44. The van der Waals surface area contributed by atoms with E-state index in [0.29, 0.717) is 11.9 Å². The number of rotatable bonds is 5. The Balaban J connectivity index is 2.91. The van der Waals surface area contributed by atoms with E-state index < -0.39 is 0 Å². The number of hydrogen-bond acceptors (Lipinski definition) is 2. The molecule has 1 aromatic heterocycles. The highest BCUT2D eigenvalue weighted by molar-refractivity contribution is 6.17. The Kier molecular flexibility index (Phi) is 5.07. The van der Waals surface area contributed by atoms with Crippen LogP contribution >= 0.6 is 11.6 Å². The monoisotopic (exact) mass is 240 g/mol. The molecule has 0 radical (unpaired) electrons. The van der Waals surface area contributed by atoms with Gasteiger partial charge in [0.2, 0.25) is 0 Å². The Morgan fingerprint density at radius 3 is 2.38 bits per heavy atom. The summed E-state index contributed by atoms with van der Waals surface area (Å²) in [4.78, 5) is 6.86. The number of anilines is 1. The molecule has 0 atom stereocenters. The Morgan fingerprint density at radius 1 is 1.31 bits per heavy atom. The first-order valence-electron chi connectivity index (χ1n) is 5.89. The molecule has 0 aliphatic carbocycles. The van der Waals surface area contributed by atoms with E-state index in [1.54, 1.807) is 0 Å². The molecule has 1 rings (SSSR count). The van der Waals surface area contributed by atoms with Crippen LogP contribution in [0.5, 0.6) is 0 Å². The molecule has 0 saturated heterocycles. The highest BCUT2D eigenvalue weighted by Gasteiger charge is 2.12. The molecule has 0 aromatic carbocycles. The first-order chi connectivity index (χ1) is 7.63. The van der Waals surface area contributed by atoms with Gasteiger partial charge < -0.3 is 4.90 Å². The van der Waals surface area contributed by atoms with Crippen LogP contribution < -0.4 is 4.90 Å². The molecule has 16 heavy (non-hydrogen) atoms. The predicted molar refractivity (Wildman–Crippen MR) is 71.3 cm³/mol. The van der Waals surface area contributed by atoms with Gasteiger partial charge in [0.1, 0.15) is 5.82 Å². The molecule has 0 aliphatic rings. The number of alkyl halides is 1. The van der Waals surface area contributed by atoms with E-state index >= 15 is 0 Å². The average molecular weight is 241 g/mol. The summed E-state index contributed by atoms with van der Waals surface area (Å²) in [5, 5.41) is 0. The standard InChI is InChI=1S/C13H21ClN2/c1-5-12(6-2)16(4)13-8-7-11(9-14)10(3)15-13/h7-8,12H,5-6,9H2,1-4H3. The van der Waals surface area contributed by atoms with Gasteiger partial charge >= 0.3 is 0 Å². The maximum atomic E-state index is 5.83. The SMILES string of the molecule is CCC(CC)N(C)c1ccc(CCl)c(C)n1. The number of halogens is 1. The van der Waals surface area contributed by atoms with Crippen LogP contribution in [0, 0.1) is 6.92 Å². The van der Waals surface area contributed by atoms with Crippen molar-refractivity contribution in [1.29, 1.82) is 0 Å². The van der Waals surface area contributed by atoms with Crippen molar-refractivity contribution in [3.05, 3.63) is 23.4 Å². The summed E-state index contributed by atoms with van der Waals surface area (Å²) in [7, 11) is 2.11. The van der Waals surface area contributed by atoms with Crippen LogP contribution in [-0.4, -0.2) is 18.1 Å². The van der Waals surface area contributed by atoms with Gasteiger partial charge in [0.15, 0.2) is 0 Å². The molecule has 0 amide bonds. The fraction of sp³-hybridized carbons (Fsp3) is 0.615. The quantitative estimate of drug-likeness (QED) is 0.729. The Hall–Kier alpha value is -0.760. The van der Waals surface area contributed by atoms with Gasteiger partial charge in [-0.2, -0.15) is 0 Å². The number of nitrogens with zero attached hydrogens (tertiary/aromatic N) is 2. The van der Waals surface area contributed by atoms with Crippen molar-refractivity contribution in [3.63, 3.8) is 0 Å². The maximum absolute atomic E-state index is 5.83. The molecule has 90 valence electrons. The van der Waals surface area contributed by atoms with Gasteiger partial charge in [-0.25, -0.2) is 4.98 Å². The average Bonchev–Trinajstić information content (AvgIpc) is 2.30. The van der Waals surface area contributed by atoms with Crippen molar-refractivity contribution in [2.24, 2.45) is 0 Å². The summed E-state index contributed by atoms with van der Waals surface area (Å²) < 4.78 is 0. The Bertz CT molecular complexity index is 335. The summed E-state index contributed by atoms with van der Waals surface area (Å²) in [6, 6.07) is 4.70. The third kappa shape index (κ3) is 2.88. The zero-order chi connectivity index (χ0) is 12.1. The lowest BCUT2D eigenvalue weighted by Gasteiger charge is -2.27. The normalized spacial score (nSPS) is 10.9. The molecule has 3 heteroatoms. The zero-order valence-electron chi connectivity index (χ0n) is 10.6. The lowest BCUT2D eigenvalue weighted by atomic mass is 10.1. The second kappa shape index (κ2) is 6.09. The van der Waals surface area contributed by atoms with E-state index in [9.17, 15) is 0 Å². The Morgan fingerprint density at radius 2 is 1.94 bits per heavy atom. The van der Waals surface area contributed by atoms with Crippen LogP contribution in [0.15, 0.2) is 12.1 Å². The number of hydrogen-bond donors (Lipinski definition) is 0. The molecule has 0 unspecified atom stereocenters. The second-order valence-corrected chi connectivity index (χ2v) is 4.40. The second-order valence-electron chi connectivity index (χ2n) is 4.13. The highest BCUT2D eigenvalue weighted by atomic mass is 35.5. The topological polar surface area (TPSA) is 16.1 Å². The van der Waals surface area contributed by atoms with Crippen molar-refractivity contribution >= 4 is 17.4 Å². The van der Waals surface area contributed by atoms with Crippen LogP contribution in [0.2, 0.25) is 0 Å². The molecular weight excluding hydrogens is 220 g/mol. The lowest BCUT2D eigenvalue weighted by molar-refractivity contribution is 0.586. The summed E-state index contributed by atoms with van der Waals surface area (Å²) >= 11 is 5.83. The molecule has 0 N–H and O–H groups in total. The van der Waals surface area contributed by atoms with E-state index in [4.69, 9.17) is 11.6 Å². The lowest BCUT2D eigenvalue weighted by Crippen LogP contribution is -2.31. The van der Waals surface area contributed by atoms with Crippen LogP contribution in [0.4, 0.5) is 5.82 Å². The Labute approximate surface area is 104 Å². The molecule has 1 aromatic rings. The minimum atomic E-state index is 0.536. The third-order valence-corrected chi connectivity index (χ3v) is 3.46. The summed E-state index contributed by atoms with van der Waals surface area (Å²) in [5.74, 6) is 1.58. The molecule has 0 spiro atoms. The highest BCUT2D eigenvalue weighted by Crippen LogP contribution is 2.19. The molecule has 0 saturated carbocycles. The molecule has 2 nitrogen and oxygen atoms in total. The van der Waals surface area contributed by atoms with E-state index in [1.165, 1.54) is 0 Å². The van der Waals surface area contributed by atoms with Gasteiger partial charge in [-0.05, 0) is 31.4 Å². The molecule has 0 aliphatic heterocycles. The molecule has 1 heterocycles. The van der Waals surface area contributed by atoms with Crippen molar-refractivity contribution in [2.75, 3.05) is 11.9 Å². The van der Waals surface area contributed by atoms with E-state index in [0.717, 1.165) is 29.9 Å². The summed E-state index contributed by atoms with van der Waals surface area (Å²) in [5.41, 5.74) is 2.15. The van der Waals surface area contributed by atoms with Crippen molar-refractivity contribution < 1.29 is 0 Å². The van der Waals surface area contributed by atoms with Crippen LogP contribution in [0.3, 0.4) is 0 Å². The van der Waals surface area contributed by atoms with Gasteiger partial charge in [-0.15, -0.1) is 11.6 Å². The third-order valence-electron chi connectivity index (χ3n) is 3.18. The number of pyridine rings is 1. The number of aryl methyl sites for hydroxylation is 1. The smallest absolute Gasteiger partial charge is 0.128 e. The van der Waals surface area contributed by atoms with Crippen LogP contribution in [0.25, 0.3) is 0 Å². The van der Waals surface area contributed by atoms with Gasteiger partial charge in [-0.3, -0.25) is 0 Å². The van der Waals surface area contributed by atoms with Gasteiger partial charge in [0, 0.05) is 24.7 Å². The first-order valence-corrected chi connectivity index (χ1v) is 6.42. The van der Waals surface area contributed by atoms with E-state index in [-0.39, 0.29) is 0 Å². The maximum Gasteiger partial charge on any atom is 0.128 e. The zero-order valence-corrected chi connectivity index (χ0v) is 11.4. The minimum absolute atomic E-state index is 0.536. The van der Waals surface area contributed by atoms with Crippen LogP contribution in [0.1, 0.15) is 37.9 Å². The van der Waals surface area contributed by atoms with Crippen molar-refractivity contribution in [1.82, 2.24) is 4.98 Å². The van der Waals surface area contributed by atoms with Gasteiger partial charge in [0.05, 0.1) is 0 Å². The molecule has 0 fully saturated rings. The predicted octanol–water partition coefficient (Wildman–Crippen LogP) is 3.75. The van der Waals surface area contributed by atoms with E-state index in [2.05, 4.69) is 42.9 Å². The fourth-order valence-electron chi connectivity index (χ4n) is 1.94. The van der Waals surface area contributed by atoms with Crippen LogP contribution in [-0.2, 0) is 5.88 Å². The minimum Gasteiger partial charge on any atom is -0.357 e. The molecule has 0 bridgehead atoms. The largest absolute Gasteiger partial charge is 0.357 e. The van der Waals surface area contributed by atoms with Crippen molar-refractivity contribution in [3.8, 4) is 0 Å². The van der Waals surface area contributed by atoms with Crippen molar-refractivity contribution in [2.45, 2.75) is 45.5 Å².